The highest BCUT2D eigenvalue weighted by molar-refractivity contribution is 6.15. The predicted molar refractivity (Wildman–Crippen MR) is 96.7 cm³/mol. The first-order chi connectivity index (χ1) is 12.1. The van der Waals surface area contributed by atoms with Crippen LogP contribution in [-0.4, -0.2) is 30.4 Å². The van der Waals surface area contributed by atoms with Gasteiger partial charge < -0.3 is 15.4 Å². The summed E-state index contributed by atoms with van der Waals surface area (Å²) >= 11 is 0. The van der Waals surface area contributed by atoms with E-state index in [2.05, 4.69) is 10.6 Å². The molecule has 1 saturated carbocycles. The molecule has 5 nitrogen and oxygen atoms in total. The number of benzene rings is 1. The van der Waals surface area contributed by atoms with E-state index in [0.717, 1.165) is 31.2 Å². The molecular weight excluding hydrogens is 316 g/mol. The zero-order valence-electron chi connectivity index (χ0n) is 14.9. The van der Waals surface area contributed by atoms with E-state index < -0.39 is 6.10 Å². The van der Waals surface area contributed by atoms with E-state index in [-0.39, 0.29) is 17.7 Å². The van der Waals surface area contributed by atoms with Gasteiger partial charge in [-0.1, -0.05) is 30.9 Å². The number of Topliss-reactive ketones (excluding diaryl/α,β-unsaturated/α-hetero) is 1. The predicted octanol–water partition coefficient (Wildman–Crippen LogP) is 2.88. The van der Waals surface area contributed by atoms with Crippen molar-refractivity contribution < 1.29 is 14.3 Å². The molecule has 0 aromatic heterocycles. The second-order valence-corrected chi connectivity index (χ2v) is 6.83. The number of ketones is 1. The maximum absolute atomic E-state index is 12.9. The van der Waals surface area contributed by atoms with Gasteiger partial charge in [-0.25, -0.2) is 0 Å². The van der Waals surface area contributed by atoms with Gasteiger partial charge in [0.25, 0.3) is 5.91 Å². The van der Waals surface area contributed by atoms with E-state index >= 15 is 0 Å². The van der Waals surface area contributed by atoms with Crippen LogP contribution in [0.4, 0.5) is 0 Å². The smallest absolute Gasteiger partial charge is 0.266 e. The summed E-state index contributed by atoms with van der Waals surface area (Å²) in [4.78, 5) is 25.7. The Balaban J connectivity index is 1.86. The zero-order valence-corrected chi connectivity index (χ0v) is 14.9. The first-order valence-electron chi connectivity index (χ1n) is 9.16. The number of carbonyl (C=O) groups excluding carboxylic acids is 2. The van der Waals surface area contributed by atoms with Gasteiger partial charge in [0, 0.05) is 18.8 Å². The van der Waals surface area contributed by atoms with Crippen LogP contribution in [-0.2, 0) is 4.79 Å². The molecule has 3 rings (SSSR count). The highest BCUT2D eigenvalue weighted by atomic mass is 16.5. The first kappa shape index (κ1) is 17.5. The van der Waals surface area contributed by atoms with Crippen LogP contribution >= 0.6 is 0 Å². The third-order valence-corrected chi connectivity index (χ3v) is 4.82. The van der Waals surface area contributed by atoms with Crippen molar-refractivity contribution in [3.63, 3.8) is 0 Å². The summed E-state index contributed by atoms with van der Waals surface area (Å²) in [5, 5.41) is 6.11. The van der Waals surface area contributed by atoms with Crippen molar-refractivity contribution in [3.05, 3.63) is 41.1 Å². The lowest BCUT2D eigenvalue weighted by Crippen LogP contribution is -2.48. The summed E-state index contributed by atoms with van der Waals surface area (Å²) in [6, 6.07) is 5.65. The van der Waals surface area contributed by atoms with Crippen molar-refractivity contribution in [1.29, 1.82) is 0 Å². The van der Waals surface area contributed by atoms with Crippen LogP contribution in [0.25, 0.3) is 0 Å². The van der Waals surface area contributed by atoms with Crippen molar-refractivity contribution in [2.45, 2.75) is 58.1 Å². The van der Waals surface area contributed by atoms with Gasteiger partial charge >= 0.3 is 0 Å². The topological polar surface area (TPSA) is 67.4 Å². The summed E-state index contributed by atoms with van der Waals surface area (Å²) in [5.41, 5.74) is 1.88. The molecule has 1 aliphatic carbocycles. The lowest BCUT2D eigenvalue weighted by molar-refractivity contribution is -0.127. The molecule has 1 unspecified atom stereocenters. The number of fused-ring (bicyclic) bond motifs is 1. The number of nitrogens with one attached hydrogen (secondary N) is 2. The fourth-order valence-corrected chi connectivity index (χ4v) is 3.46. The highest BCUT2D eigenvalue weighted by Crippen LogP contribution is 2.31. The summed E-state index contributed by atoms with van der Waals surface area (Å²) in [7, 11) is 0. The summed E-state index contributed by atoms with van der Waals surface area (Å²) < 4.78 is 5.93. The fraction of sp³-hybridized carbons (Fsp3) is 0.500. The molecule has 1 aromatic rings. The van der Waals surface area contributed by atoms with Gasteiger partial charge in [-0.3, -0.25) is 9.59 Å². The molecule has 0 bridgehead atoms. The minimum Gasteiger partial charge on any atom is -0.475 e. The molecule has 1 fully saturated rings. The number of hydrogen-bond donors (Lipinski definition) is 2. The van der Waals surface area contributed by atoms with Crippen LogP contribution in [0.5, 0.6) is 5.75 Å². The molecule has 0 saturated heterocycles. The van der Waals surface area contributed by atoms with Crippen molar-refractivity contribution in [2.24, 2.45) is 0 Å². The van der Waals surface area contributed by atoms with Crippen molar-refractivity contribution >= 4 is 11.7 Å². The van der Waals surface area contributed by atoms with Crippen molar-refractivity contribution in [2.75, 3.05) is 6.54 Å². The number of amides is 1. The largest absolute Gasteiger partial charge is 0.475 e. The molecule has 0 spiro atoms. The summed E-state index contributed by atoms with van der Waals surface area (Å²) in [6.45, 7) is 4.55. The Morgan fingerprint density at radius 3 is 2.76 bits per heavy atom. The molecule has 1 amide bonds. The third kappa shape index (κ3) is 3.86. The van der Waals surface area contributed by atoms with Crippen LogP contribution in [0.1, 0.15) is 54.9 Å². The number of aryl methyl sites for hydroxylation is 1. The molecule has 1 heterocycles. The molecular formula is C20H26N2O3. The van der Waals surface area contributed by atoms with E-state index in [0.29, 0.717) is 23.4 Å². The Kier molecular flexibility index (Phi) is 5.41. The third-order valence-electron chi connectivity index (χ3n) is 4.82. The van der Waals surface area contributed by atoms with Gasteiger partial charge in [0.2, 0.25) is 6.10 Å². The molecule has 1 aliphatic heterocycles. The highest BCUT2D eigenvalue weighted by Gasteiger charge is 2.37. The number of carbonyl (C=O) groups is 2. The quantitative estimate of drug-likeness (QED) is 0.826. The second kappa shape index (κ2) is 7.72. The normalized spacial score (nSPS) is 22.2. The fourth-order valence-electron chi connectivity index (χ4n) is 3.46. The molecule has 0 radical (unpaired) electrons. The monoisotopic (exact) mass is 342 g/mol. The summed E-state index contributed by atoms with van der Waals surface area (Å²) in [5.74, 6) is 0.110. The SMILES string of the molecule is CCN/C=C1\C(=O)c2cc(C)ccc2OC1C(=O)NC1CCCCC1. The van der Waals surface area contributed by atoms with Gasteiger partial charge in [-0.2, -0.15) is 0 Å². The first-order valence-corrected chi connectivity index (χ1v) is 9.16. The molecule has 2 aliphatic rings. The standard InChI is InChI=1S/C20H26N2O3/c1-3-21-12-16-18(23)15-11-13(2)9-10-17(15)25-19(16)20(24)22-14-7-5-4-6-8-14/h9-12,14,19,21H,3-8H2,1-2H3,(H,22,24)/b16-12+. The Hall–Kier alpha value is -2.30. The number of rotatable bonds is 4. The van der Waals surface area contributed by atoms with E-state index in [1.54, 1.807) is 12.3 Å². The van der Waals surface area contributed by atoms with Gasteiger partial charge in [0.05, 0.1) is 11.1 Å². The number of hydrogen-bond acceptors (Lipinski definition) is 4. The Labute approximate surface area is 148 Å². The number of ether oxygens (including phenoxy) is 1. The average molecular weight is 342 g/mol. The van der Waals surface area contributed by atoms with Crippen LogP contribution in [0.15, 0.2) is 30.0 Å². The van der Waals surface area contributed by atoms with Gasteiger partial charge in [0.15, 0.2) is 5.78 Å². The minimum atomic E-state index is -0.899. The summed E-state index contributed by atoms with van der Waals surface area (Å²) in [6.07, 6.45) is 6.21. The molecule has 25 heavy (non-hydrogen) atoms. The van der Waals surface area contributed by atoms with Gasteiger partial charge in [0.1, 0.15) is 5.75 Å². The van der Waals surface area contributed by atoms with Crippen LogP contribution in [0, 0.1) is 6.92 Å². The Morgan fingerprint density at radius 1 is 1.28 bits per heavy atom. The minimum absolute atomic E-state index is 0.144. The van der Waals surface area contributed by atoms with Gasteiger partial charge in [-0.05, 0) is 38.8 Å². The van der Waals surface area contributed by atoms with E-state index in [1.165, 1.54) is 6.42 Å². The molecule has 1 atom stereocenters. The maximum atomic E-state index is 12.9. The molecule has 1 aromatic carbocycles. The Bertz CT molecular complexity index is 690. The second-order valence-electron chi connectivity index (χ2n) is 6.83. The maximum Gasteiger partial charge on any atom is 0.266 e. The van der Waals surface area contributed by atoms with E-state index in [9.17, 15) is 9.59 Å². The van der Waals surface area contributed by atoms with E-state index in [1.807, 2.05) is 26.0 Å². The van der Waals surface area contributed by atoms with Crippen LogP contribution < -0.4 is 15.4 Å². The molecule has 5 heteroatoms. The van der Waals surface area contributed by atoms with Crippen LogP contribution in [0.3, 0.4) is 0 Å². The van der Waals surface area contributed by atoms with Gasteiger partial charge in [-0.15, -0.1) is 0 Å². The van der Waals surface area contributed by atoms with Crippen molar-refractivity contribution in [3.8, 4) is 5.75 Å². The van der Waals surface area contributed by atoms with Crippen LogP contribution in [0.2, 0.25) is 0 Å². The molecule has 134 valence electrons. The molecule has 2 N–H and O–H groups in total. The lowest BCUT2D eigenvalue weighted by atomic mass is 9.92. The lowest BCUT2D eigenvalue weighted by Gasteiger charge is -2.30. The van der Waals surface area contributed by atoms with E-state index in [4.69, 9.17) is 4.74 Å². The van der Waals surface area contributed by atoms with Crippen molar-refractivity contribution in [1.82, 2.24) is 10.6 Å². The average Bonchev–Trinajstić information content (AvgIpc) is 2.62. The zero-order chi connectivity index (χ0) is 17.8. The Morgan fingerprint density at radius 2 is 2.04 bits per heavy atom.